The van der Waals surface area contributed by atoms with Crippen LogP contribution in [0, 0.1) is 11.6 Å². The minimum Gasteiger partial charge on any atom is -0.271 e. The molecule has 6 heteroatoms. The second-order valence-corrected chi connectivity index (χ2v) is 5.95. The molecule has 0 amide bonds. The molecule has 0 aromatic heterocycles. The number of rotatable bonds is 5. The summed E-state index contributed by atoms with van der Waals surface area (Å²) < 4.78 is 28.0. The molecule has 0 heterocycles. The van der Waals surface area contributed by atoms with Crippen LogP contribution in [-0.4, -0.2) is 6.04 Å². The van der Waals surface area contributed by atoms with Crippen molar-refractivity contribution >= 4 is 27.5 Å². The molecule has 0 spiro atoms. The summed E-state index contributed by atoms with van der Waals surface area (Å²) in [7, 11) is 0. The Morgan fingerprint density at radius 3 is 2.52 bits per heavy atom. The predicted octanol–water partition coefficient (Wildman–Crippen LogP) is 4.00. The van der Waals surface area contributed by atoms with Gasteiger partial charge in [-0.05, 0) is 52.5 Å². The highest BCUT2D eigenvalue weighted by molar-refractivity contribution is 9.10. The summed E-state index contributed by atoms with van der Waals surface area (Å²) in [5, 5.41) is 0.605. The van der Waals surface area contributed by atoms with E-state index < -0.39 is 11.6 Å². The van der Waals surface area contributed by atoms with E-state index in [-0.39, 0.29) is 22.5 Å². The predicted molar refractivity (Wildman–Crippen MR) is 84.0 cm³/mol. The Morgan fingerprint density at radius 1 is 1.14 bits per heavy atom. The molecular weight excluding hydrogens is 362 g/mol. The van der Waals surface area contributed by atoms with Crippen molar-refractivity contribution in [3.05, 3.63) is 68.7 Å². The lowest BCUT2D eigenvalue weighted by molar-refractivity contribution is 0.483. The molecule has 0 bridgehead atoms. The zero-order valence-corrected chi connectivity index (χ0v) is 13.4. The molecule has 2 aromatic rings. The van der Waals surface area contributed by atoms with Gasteiger partial charge in [0.15, 0.2) is 0 Å². The fraction of sp³-hybridized carbons (Fsp3) is 0.200. The van der Waals surface area contributed by atoms with Gasteiger partial charge in [0.2, 0.25) is 0 Å². The minimum absolute atomic E-state index is 0.000575. The van der Waals surface area contributed by atoms with Crippen LogP contribution in [0.15, 0.2) is 40.9 Å². The molecule has 0 radical (unpaired) electrons. The molecule has 21 heavy (non-hydrogen) atoms. The quantitative estimate of drug-likeness (QED) is 0.471. The van der Waals surface area contributed by atoms with E-state index >= 15 is 0 Å². The first-order chi connectivity index (χ1) is 10.0. The molecule has 0 aliphatic heterocycles. The lowest BCUT2D eigenvalue weighted by atomic mass is 9.98. The zero-order chi connectivity index (χ0) is 15.4. The van der Waals surface area contributed by atoms with Crippen LogP contribution in [-0.2, 0) is 12.8 Å². The summed E-state index contributed by atoms with van der Waals surface area (Å²) in [5.74, 6) is 4.32. The summed E-state index contributed by atoms with van der Waals surface area (Å²) in [5.41, 5.74) is 3.47. The lowest BCUT2D eigenvalue weighted by Gasteiger charge is -2.18. The fourth-order valence-corrected chi connectivity index (χ4v) is 2.71. The second kappa shape index (κ2) is 7.31. The first-order valence-corrected chi connectivity index (χ1v) is 7.52. The van der Waals surface area contributed by atoms with Crippen molar-refractivity contribution in [2.45, 2.75) is 18.9 Å². The van der Waals surface area contributed by atoms with Gasteiger partial charge < -0.3 is 0 Å². The smallest absolute Gasteiger partial charge is 0.143 e. The van der Waals surface area contributed by atoms with Crippen molar-refractivity contribution in [1.29, 1.82) is 0 Å². The van der Waals surface area contributed by atoms with Gasteiger partial charge in [-0.2, -0.15) is 0 Å². The molecule has 0 fully saturated rings. The third kappa shape index (κ3) is 4.01. The number of nitrogens with one attached hydrogen (secondary N) is 1. The topological polar surface area (TPSA) is 38.0 Å². The number of hydrazine groups is 1. The standard InChI is InChI=1S/C15H14BrClF2N2/c16-12-5-6-14(18)11(15(12)19)8-10(21-20)7-9-3-1-2-4-13(9)17/h1-6,10,21H,7-8,20H2. The molecule has 0 saturated carbocycles. The van der Waals surface area contributed by atoms with Gasteiger partial charge in [0, 0.05) is 16.6 Å². The van der Waals surface area contributed by atoms with Crippen molar-refractivity contribution < 1.29 is 8.78 Å². The SMILES string of the molecule is NNC(Cc1ccccc1Cl)Cc1c(F)ccc(Br)c1F. The third-order valence-electron chi connectivity index (χ3n) is 3.25. The van der Waals surface area contributed by atoms with Crippen molar-refractivity contribution in [2.75, 3.05) is 0 Å². The number of halogens is 4. The van der Waals surface area contributed by atoms with Crippen LogP contribution in [0.4, 0.5) is 8.78 Å². The highest BCUT2D eigenvalue weighted by atomic mass is 79.9. The number of hydrogen-bond acceptors (Lipinski definition) is 2. The minimum atomic E-state index is -0.602. The average Bonchev–Trinajstić information content (AvgIpc) is 2.48. The zero-order valence-electron chi connectivity index (χ0n) is 11.0. The molecule has 112 valence electrons. The Hall–Kier alpha value is -1.01. The van der Waals surface area contributed by atoms with Gasteiger partial charge >= 0.3 is 0 Å². The third-order valence-corrected chi connectivity index (χ3v) is 4.23. The summed E-state index contributed by atoms with van der Waals surface area (Å²) in [6.45, 7) is 0. The average molecular weight is 376 g/mol. The van der Waals surface area contributed by atoms with Crippen LogP contribution < -0.4 is 11.3 Å². The fourth-order valence-electron chi connectivity index (χ4n) is 2.12. The number of hydrogen-bond donors (Lipinski definition) is 2. The van der Waals surface area contributed by atoms with E-state index in [4.69, 9.17) is 17.4 Å². The maximum absolute atomic E-state index is 14.0. The molecule has 0 aliphatic rings. The highest BCUT2D eigenvalue weighted by Crippen LogP contribution is 2.24. The Morgan fingerprint density at radius 2 is 1.86 bits per heavy atom. The van der Waals surface area contributed by atoms with Gasteiger partial charge in [-0.25, -0.2) is 8.78 Å². The van der Waals surface area contributed by atoms with Crippen LogP contribution in [0.5, 0.6) is 0 Å². The van der Waals surface area contributed by atoms with Crippen LogP contribution >= 0.6 is 27.5 Å². The van der Waals surface area contributed by atoms with Crippen molar-refractivity contribution in [3.8, 4) is 0 Å². The van der Waals surface area contributed by atoms with E-state index in [9.17, 15) is 8.78 Å². The Kier molecular flexibility index (Phi) is 5.70. The second-order valence-electron chi connectivity index (χ2n) is 4.68. The first kappa shape index (κ1) is 16.4. The molecule has 1 unspecified atom stereocenters. The van der Waals surface area contributed by atoms with E-state index in [1.54, 1.807) is 6.07 Å². The normalized spacial score (nSPS) is 12.4. The first-order valence-electron chi connectivity index (χ1n) is 6.34. The van der Waals surface area contributed by atoms with Crippen molar-refractivity contribution in [2.24, 2.45) is 5.84 Å². The van der Waals surface area contributed by atoms with E-state index in [1.165, 1.54) is 12.1 Å². The summed E-state index contributed by atoms with van der Waals surface area (Å²) in [4.78, 5) is 0. The van der Waals surface area contributed by atoms with Crippen LogP contribution in [0.3, 0.4) is 0 Å². The van der Waals surface area contributed by atoms with Gasteiger partial charge in [-0.15, -0.1) is 0 Å². The Balaban J connectivity index is 2.21. The van der Waals surface area contributed by atoms with Gasteiger partial charge in [-0.1, -0.05) is 29.8 Å². The largest absolute Gasteiger partial charge is 0.271 e. The van der Waals surface area contributed by atoms with E-state index in [1.807, 2.05) is 18.2 Å². The molecule has 2 nitrogen and oxygen atoms in total. The maximum Gasteiger partial charge on any atom is 0.143 e. The molecule has 2 aromatic carbocycles. The molecule has 0 saturated heterocycles. The highest BCUT2D eigenvalue weighted by Gasteiger charge is 2.18. The summed E-state index contributed by atoms with van der Waals surface area (Å²) in [6, 6.07) is 9.55. The number of nitrogens with two attached hydrogens (primary N) is 1. The monoisotopic (exact) mass is 374 g/mol. The molecule has 3 N–H and O–H groups in total. The van der Waals surface area contributed by atoms with Crippen molar-refractivity contribution in [1.82, 2.24) is 5.43 Å². The van der Waals surface area contributed by atoms with Gasteiger partial charge in [-0.3, -0.25) is 11.3 Å². The lowest BCUT2D eigenvalue weighted by Crippen LogP contribution is -2.39. The molecular formula is C15H14BrClF2N2. The molecule has 1 atom stereocenters. The van der Waals surface area contributed by atoms with Crippen LogP contribution in [0.2, 0.25) is 5.02 Å². The Bertz CT molecular complexity index is 637. The van der Waals surface area contributed by atoms with Gasteiger partial charge in [0.05, 0.1) is 4.47 Å². The van der Waals surface area contributed by atoms with E-state index in [2.05, 4.69) is 21.4 Å². The summed E-state index contributed by atoms with van der Waals surface area (Å²) in [6.07, 6.45) is 0.598. The molecule has 2 rings (SSSR count). The van der Waals surface area contributed by atoms with Crippen molar-refractivity contribution in [3.63, 3.8) is 0 Å². The van der Waals surface area contributed by atoms with E-state index in [0.717, 1.165) is 5.56 Å². The number of benzene rings is 2. The maximum atomic E-state index is 14.0. The molecule has 0 aliphatic carbocycles. The Labute approximate surface area is 135 Å². The van der Waals surface area contributed by atoms with E-state index in [0.29, 0.717) is 11.4 Å². The van der Waals surface area contributed by atoms with Gasteiger partial charge in [0.1, 0.15) is 11.6 Å². The van der Waals surface area contributed by atoms with Crippen LogP contribution in [0.1, 0.15) is 11.1 Å². The summed E-state index contributed by atoms with van der Waals surface area (Å²) >= 11 is 9.15. The van der Waals surface area contributed by atoms with Crippen LogP contribution in [0.25, 0.3) is 0 Å². The van der Waals surface area contributed by atoms with Gasteiger partial charge in [0.25, 0.3) is 0 Å².